The van der Waals surface area contributed by atoms with E-state index < -0.39 is 0 Å². The van der Waals surface area contributed by atoms with Crippen LogP contribution in [-0.2, 0) is 4.79 Å². The molecule has 1 unspecified atom stereocenters. The van der Waals surface area contributed by atoms with E-state index in [-0.39, 0.29) is 11.8 Å². The van der Waals surface area contributed by atoms with E-state index in [4.69, 9.17) is 11.0 Å². The van der Waals surface area contributed by atoms with Crippen molar-refractivity contribution in [3.63, 3.8) is 0 Å². The number of nitrogens with two attached hydrogens (primary N) is 1. The van der Waals surface area contributed by atoms with Gasteiger partial charge in [-0.3, -0.25) is 4.79 Å². The SMILES string of the molecule is N#Cc1cc(Br)ccc1N1CC(CN)CC1=O. The van der Waals surface area contributed by atoms with E-state index in [0.717, 1.165) is 4.47 Å². The van der Waals surface area contributed by atoms with Gasteiger partial charge in [0.1, 0.15) is 6.07 Å². The lowest BCUT2D eigenvalue weighted by Crippen LogP contribution is -2.26. The number of carbonyl (C=O) groups excluding carboxylic acids is 1. The molecule has 1 aromatic carbocycles. The summed E-state index contributed by atoms with van der Waals surface area (Å²) in [5, 5.41) is 9.08. The molecule has 17 heavy (non-hydrogen) atoms. The summed E-state index contributed by atoms with van der Waals surface area (Å²) in [5.74, 6) is 0.233. The van der Waals surface area contributed by atoms with Gasteiger partial charge in [-0.05, 0) is 30.7 Å². The van der Waals surface area contributed by atoms with E-state index in [0.29, 0.717) is 30.8 Å². The van der Waals surface area contributed by atoms with Gasteiger partial charge in [0.05, 0.1) is 11.3 Å². The molecule has 0 aromatic heterocycles. The molecule has 1 saturated heterocycles. The Bertz CT molecular complexity index is 495. The van der Waals surface area contributed by atoms with Gasteiger partial charge in [0.25, 0.3) is 0 Å². The van der Waals surface area contributed by atoms with Crippen LogP contribution in [0, 0.1) is 17.2 Å². The molecule has 1 amide bonds. The molecule has 0 aliphatic carbocycles. The Kier molecular flexibility index (Phi) is 3.46. The van der Waals surface area contributed by atoms with Crippen molar-refractivity contribution in [3.8, 4) is 6.07 Å². The van der Waals surface area contributed by atoms with Crippen LogP contribution in [0.4, 0.5) is 5.69 Å². The Labute approximate surface area is 108 Å². The minimum atomic E-state index is 0.0410. The number of hydrogen-bond donors (Lipinski definition) is 1. The largest absolute Gasteiger partial charge is 0.330 e. The minimum absolute atomic E-state index is 0.0410. The van der Waals surface area contributed by atoms with Crippen molar-refractivity contribution < 1.29 is 4.79 Å². The molecule has 1 heterocycles. The Morgan fingerprint density at radius 2 is 2.35 bits per heavy atom. The fraction of sp³-hybridized carbons (Fsp3) is 0.333. The summed E-state index contributed by atoms with van der Waals surface area (Å²) >= 11 is 3.31. The summed E-state index contributed by atoms with van der Waals surface area (Å²) in [4.78, 5) is 13.5. The smallest absolute Gasteiger partial charge is 0.227 e. The summed E-state index contributed by atoms with van der Waals surface area (Å²) in [6.45, 7) is 1.10. The predicted molar refractivity (Wildman–Crippen MR) is 68.4 cm³/mol. The highest BCUT2D eigenvalue weighted by Crippen LogP contribution is 2.29. The van der Waals surface area contributed by atoms with E-state index in [9.17, 15) is 4.79 Å². The summed E-state index contributed by atoms with van der Waals surface area (Å²) in [5.41, 5.74) is 6.76. The summed E-state index contributed by atoms with van der Waals surface area (Å²) in [6.07, 6.45) is 0.470. The first-order valence-electron chi connectivity index (χ1n) is 5.35. The van der Waals surface area contributed by atoms with E-state index in [1.165, 1.54) is 0 Å². The van der Waals surface area contributed by atoms with Crippen molar-refractivity contribution in [2.24, 2.45) is 11.7 Å². The van der Waals surface area contributed by atoms with Gasteiger partial charge in [-0.1, -0.05) is 15.9 Å². The average molecular weight is 294 g/mol. The first kappa shape index (κ1) is 12.1. The number of rotatable bonds is 2. The van der Waals surface area contributed by atoms with Gasteiger partial charge >= 0.3 is 0 Å². The zero-order valence-electron chi connectivity index (χ0n) is 9.19. The van der Waals surface area contributed by atoms with Crippen molar-refractivity contribution in [2.45, 2.75) is 6.42 Å². The number of nitriles is 1. The van der Waals surface area contributed by atoms with Crippen molar-refractivity contribution in [1.82, 2.24) is 0 Å². The lowest BCUT2D eigenvalue weighted by molar-refractivity contribution is -0.117. The average Bonchev–Trinajstić information content (AvgIpc) is 2.70. The molecule has 2 rings (SSSR count). The van der Waals surface area contributed by atoms with Gasteiger partial charge in [0, 0.05) is 17.4 Å². The molecule has 4 nitrogen and oxygen atoms in total. The van der Waals surface area contributed by atoms with Gasteiger partial charge in [-0.25, -0.2) is 0 Å². The van der Waals surface area contributed by atoms with Crippen LogP contribution in [0.25, 0.3) is 0 Å². The van der Waals surface area contributed by atoms with Gasteiger partial charge in [-0.2, -0.15) is 5.26 Å². The standard InChI is InChI=1S/C12H12BrN3O/c13-10-1-2-11(9(4-10)6-15)16-7-8(5-14)3-12(16)17/h1-2,4,8H,3,5,7,14H2. The highest BCUT2D eigenvalue weighted by atomic mass is 79.9. The minimum Gasteiger partial charge on any atom is -0.330 e. The molecule has 1 fully saturated rings. The Morgan fingerprint density at radius 1 is 1.59 bits per heavy atom. The number of carbonyl (C=O) groups is 1. The lowest BCUT2D eigenvalue weighted by Gasteiger charge is -2.18. The second-order valence-corrected chi connectivity index (χ2v) is 5.00. The fourth-order valence-corrected chi connectivity index (χ4v) is 2.37. The van der Waals surface area contributed by atoms with Crippen molar-refractivity contribution in [3.05, 3.63) is 28.2 Å². The molecule has 1 aliphatic heterocycles. The number of amides is 1. The zero-order chi connectivity index (χ0) is 12.4. The molecule has 1 aliphatic rings. The fourth-order valence-electron chi connectivity index (χ4n) is 2.01. The Morgan fingerprint density at radius 3 is 2.94 bits per heavy atom. The quantitative estimate of drug-likeness (QED) is 0.901. The third-order valence-electron chi connectivity index (χ3n) is 2.91. The molecule has 0 saturated carbocycles. The molecule has 1 atom stereocenters. The summed E-state index contributed by atoms with van der Waals surface area (Å²) in [7, 11) is 0. The summed E-state index contributed by atoms with van der Waals surface area (Å²) < 4.78 is 0.833. The van der Waals surface area contributed by atoms with Crippen molar-refractivity contribution >= 4 is 27.5 Å². The third-order valence-corrected chi connectivity index (χ3v) is 3.40. The second-order valence-electron chi connectivity index (χ2n) is 4.08. The van der Waals surface area contributed by atoms with Crippen LogP contribution in [0.5, 0.6) is 0 Å². The number of anilines is 1. The van der Waals surface area contributed by atoms with Crippen LogP contribution in [0.1, 0.15) is 12.0 Å². The first-order valence-corrected chi connectivity index (χ1v) is 6.15. The van der Waals surface area contributed by atoms with Crippen LogP contribution >= 0.6 is 15.9 Å². The topological polar surface area (TPSA) is 70.1 Å². The number of benzene rings is 1. The van der Waals surface area contributed by atoms with E-state index in [1.54, 1.807) is 17.0 Å². The number of nitrogens with zero attached hydrogens (tertiary/aromatic N) is 2. The Balaban J connectivity index is 2.35. The van der Waals surface area contributed by atoms with E-state index in [2.05, 4.69) is 22.0 Å². The normalized spacial score (nSPS) is 19.5. The Hall–Kier alpha value is -1.38. The molecular formula is C12H12BrN3O. The second kappa shape index (κ2) is 4.86. The van der Waals surface area contributed by atoms with Crippen LogP contribution in [0.3, 0.4) is 0 Å². The van der Waals surface area contributed by atoms with Gasteiger partial charge in [0.2, 0.25) is 5.91 Å². The van der Waals surface area contributed by atoms with Crippen LogP contribution < -0.4 is 10.6 Å². The maximum atomic E-state index is 11.8. The maximum absolute atomic E-state index is 11.8. The summed E-state index contributed by atoms with van der Waals surface area (Å²) in [6, 6.07) is 7.46. The molecule has 2 N–H and O–H groups in total. The first-order chi connectivity index (χ1) is 8.15. The number of hydrogen-bond acceptors (Lipinski definition) is 3. The highest BCUT2D eigenvalue weighted by Gasteiger charge is 2.30. The van der Waals surface area contributed by atoms with Gasteiger partial charge in [0.15, 0.2) is 0 Å². The molecular weight excluding hydrogens is 282 g/mol. The van der Waals surface area contributed by atoms with Crippen molar-refractivity contribution in [2.75, 3.05) is 18.0 Å². The number of halogens is 1. The molecule has 0 bridgehead atoms. The van der Waals surface area contributed by atoms with E-state index >= 15 is 0 Å². The maximum Gasteiger partial charge on any atom is 0.227 e. The lowest BCUT2D eigenvalue weighted by atomic mass is 10.1. The monoisotopic (exact) mass is 293 g/mol. The van der Waals surface area contributed by atoms with E-state index in [1.807, 2.05) is 6.07 Å². The third kappa shape index (κ3) is 2.33. The zero-order valence-corrected chi connectivity index (χ0v) is 10.8. The van der Waals surface area contributed by atoms with Crippen molar-refractivity contribution in [1.29, 1.82) is 5.26 Å². The van der Waals surface area contributed by atoms with Gasteiger partial charge in [-0.15, -0.1) is 0 Å². The predicted octanol–water partition coefficient (Wildman–Crippen LogP) is 1.63. The van der Waals surface area contributed by atoms with Crippen LogP contribution in [0.2, 0.25) is 0 Å². The molecule has 0 radical (unpaired) electrons. The van der Waals surface area contributed by atoms with Crippen LogP contribution in [0.15, 0.2) is 22.7 Å². The highest BCUT2D eigenvalue weighted by molar-refractivity contribution is 9.10. The molecule has 88 valence electrons. The molecule has 1 aromatic rings. The van der Waals surface area contributed by atoms with Gasteiger partial charge < -0.3 is 10.6 Å². The molecule has 0 spiro atoms. The molecule has 5 heteroatoms. The van der Waals surface area contributed by atoms with Crippen LogP contribution in [-0.4, -0.2) is 19.0 Å².